The molecule has 1 amide bonds. The van der Waals surface area contributed by atoms with E-state index in [1.54, 1.807) is 25.3 Å². The molecule has 1 atom stereocenters. The lowest BCUT2D eigenvalue weighted by molar-refractivity contribution is -0.119. The van der Waals surface area contributed by atoms with Crippen molar-refractivity contribution in [3.05, 3.63) is 17.0 Å². The molecule has 0 aliphatic rings. The molecule has 1 unspecified atom stereocenters. The summed E-state index contributed by atoms with van der Waals surface area (Å²) in [5, 5.41) is 5.01. The van der Waals surface area contributed by atoms with Gasteiger partial charge in [-0.05, 0) is 31.3 Å². The van der Waals surface area contributed by atoms with Crippen molar-refractivity contribution in [3.63, 3.8) is 0 Å². The zero-order valence-corrected chi connectivity index (χ0v) is 11.4. The zero-order valence-electron chi connectivity index (χ0n) is 10.6. The summed E-state index contributed by atoms with van der Waals surface area (Å²) in [5.74, 6) is -0.721. The molecule has 0 spiro atoms. The van der Waals surface area contributed by atoms with Crippen molar-refractivity contribution in [1.29, 1.82) is 0 Å². The van der Waals surface area contributed by atoms with Crippen molar-refractivity contribution < 1.29 is 14.3 Å². The molecule has 1 heterocycles. The van der Waals surface area contributed by atoms with E-state index < -0.39 is 5.97 Å². The van der Waals surface area contributed by atoms with E-state index >= 15 is 0 Å². The lowest BCUT2D eigenvalue weighted by atomic mass is 10.1. The number of anilines is 1. The molecule has 3 N–H and O–H groups in total. The normalized spacial score (nSPS) is 11.9. The van der Waals surface area contributed by atoms with Gasteiger partial charge in [-0.2, -0.15) is 0 Å². The lowest BCUT2D eigenvalue weighted by Gasteiger charge is -2.10. The molecule has 0 radical (unpaired) electrons. The molecular weight excluding hydrogens is 252 g/mol. The quantitative estimate of drug-likeness (QED) is 0.773. The third kappa shape index (κ3) is 3.82. The maximum absolute atomic E-state index is 11.8. The highest BCUT2D eigenvalue weighted by Crippen LogP contribution is 2.24. The van der Waals surface area contributed by atoms with Crippen LogP contribution in [-0.2, 0) is 9.53 Å². The summed E-state index contributed by atoms with van der Waals surface area (Å²) in [5.41, 5.74) is 5.81. The maximum atomic E-state index is 11.8. The smallest absolute Gasteiger partial charge is 0.341 e. The van der Waals surface area contributed by atoms with Crippen LogP contribution in [0.15, 0.2) is 11.4 Å². The van der Waals surface area contributed by atoms with Crippen LogP contribution in [0.5, 0.6) is 0 Å². The van der Waals surface area contributed by atoms with Gasteiger partial charge in [-0.1, -0.05) is 6.92 Å². The van der Waals surface area contributed by atoms with Crippen molar-refractivity contribution in [1.82, 2.24) is 0 Å². The number of esters is 1. The third-order valence-corrected chi connectivity index (χ3v) is 3.27. The molecule has 1 rings (SSSR count). The number of thiophene rings is 1. The summed E-state index contributed by atoms with van der Waals surface area (Å²) >= 11 is 1.30. The molecular formula is C12H18N2O3S. The first-order chi connectivity index (χ1) is 8.60. The van der Waals surface area contributed by atoms with Crippen LogP contribution in [0.3, 0.4) is 0 Å². The largest absolute Gasteiger partial charge is 0.462 e. The van der Waals surface area contributed by atoms with E-state index in [0.29, 0.717) is 30.1 Å². The average Bonchev–Trinajstić information content (AvgIpc) is 2.77. The van der Waals surface area contributed by atoms with Gasteiger partial charge in [-0.3, -0.25) is 4.79 Å². The standard InChI is InChI=1S/C12H18N2O3S/c1-3-17-12(16)9-5-7-18-11(9)14-10(15)8(2)4-6-13/h5,7-8H,3-4,6,13H2,1-2H3,(H,14,15). The van der Waals surface area contributed by atoms with Crippen LogP contribution < -0.4 is 11.1 Å². The Morgan fingerprint density at radius 1 is 1.56 bits per heavy atom. The first-order valence-corrected chi connectivity index (χ1v) is 6.73. The predicted octanol–water partition coefficient (Wildman–Crippen LogP) is 1.85. The number of carbonyl (C=O) groups excluding carboxylic acids is 2. The summed E-state index contributed by atoms with van der Waals surface area (Å²) in [6.07, 6.45) is 0.617. The topological polar surface area (TPSA) is 81.4 Å². The summed E-state index contributed by atoms with van der Waals surface area (Å²) < 4.78 is 4.91. The number of hydrogen-bond donors (Lipinski definition) is 2. The van der Waals surface area contributed by atoms with E-state index in [1.807, 2.05) is 0 Å². The molecule has 6 heteroatoms. The van der Waals surface area contributed by atoms with Crippen LogP contribution >= 0.6 is 11.3 Å². The Bertz CT molecular complexity index is 417. The fourth-order valence-corrected chi connectivity index (χ4v) is 2.17. The zero-order chi connectivity index (χ0) is 13.5. The molecule has 0 aliphatic heterocycles. The van der Waals surface area contributed by atoms with Gasteiger partial charge in [-0.15, -0.1) is 11.3 Å². The highest BCUT2D eigenvalue weighted by molar-refractivity contribution is 7.14. The number of nitrogens with two attached hydrogens (primary N) is 1. The summed E-state index contributed by atoms with van der Waals surface area (Å²) in [4.78, 5) is 23.4. The second-order valence-corrected chi connectivity index (χ2v) is 4.77. The predicted molar refractivity (Wildman–Crippen MR) is 71.7 cm³/mol. The Morgan fingerprint density at radius 2 is 2.28 bits per heavy atom. The fraction of sp³-hybridized carbons (Fsp3) is 0.500. The molecule has 100 valence electrons. The Morgan fingerprint density at radius 3 is 2.89 bits per heavy atom. The Hall–Kier alpha value is -1.40. The maximum Gasteiger partial charge on any atom is 0.341 e. The molecule has 0 aromatic carbocycles. The molecule has 18 heavy (non-hydrogen) atoms. The Kier molecular flexibility index (Phi) is 5.80. The van der Waals surface area contributed by atoms with E-state index in [4.69, 9.17) is 10.5 Å². The van der Waals surface area contributed by atoms with Crippen molar-refractivity contribution in [2.75, 3.05) is 18.5 Å². The first-order valence-electron chi connectivity index (χ1n) is 5.85. The second-order valence-electron chi connectivity index (χ2n) is 3.85. The molecule has 0 fully saturated rings. The van der Waals surface area contributed by atoms with Crippen molar-refractivity contribution in [3.8, 4) is 0 Å². The van der Waals surface area contributed by atoms with Gasteiger partial charge >= 0.3 is 5.97 Å². The monoisotopic (exact) mass is 270 g/mol. The SMILES string of the molecule is CCOC(=O)c1ccsc1NC(=O)C(C)CCN. The number of carbonyl (C=O) groups is 2. The lowest BCUT2D eigenvalue weighted by Crippen LogP contribution is -2.23. The Balaban J connectivity index is 2.70. The van der Waals surface area contributed by atoms with Gasteiger partial charge in [0.25, 0.3) is 0 Å². The minimum Gasteiger partial charge on any atom is -0.462 e. The summed E-state index contributed by atoms with van der Waals surface area (Å²) in [6, 6.07) is 1.64. The molecule has 0 aliphatic carbocycles. The van der Waals surface area contributed by atoms with Crippen molar-refractivity contribution in [2.45, 2.75) is 20.3 Å². The van der Waals surface area contributed by atoms with Gasteiger partial charge < -0.3 is 15.8 Å². The van der Waals surface area contributed by atoms with E-state index in [1.165, 1.54) is 11.3 Å². The minimum atomic E-state index is -0.416. The van der Waals surface area contributed by atoms with E-state index in [-0.39, 0.29) is 11.8 Å². The van der Waals surface area contributed by atoms with Gasteiger partial charge in [0, 0.05) is 5.92 Å². The fourth-order valence-electron chi connectivity index (χ4n) is 1.39. The van der Waals surface area contributed by atoms with Crippen LogP contribution in [0.4, 0.5) is 5.00 Å². The molecule has 0 bridgehead atoms. The highest BCUT2D eigenvalue weighted by atomic mass is 32.1. The van der Waals surface area contributed by atoms with Gasteiger partial charge in [0.15, 0.2) is 0 Å². The second kappa shape index (κ2) is 7.13. The average molecular weight is 270 g/mol. The highest BCUT2D eigenvalue weighted by Gasteiger charge is 2.18. The molecule has 1 aromatic rings. The van der Waals surface area contributed by atoms with E-state index in [0.717, 1.165) is 0 Å². The van der Waals surface area contributed by atoms with Crippen LogP contribution in [0, 0.1) is 5.92 Å². The van der Waals surface area contributed by atoms with Crippen LogP contribution in [-0.4, -0.2) is 25.0 Å². The van der Waals surface area contributed by atoms with Crippen LogP contribution in [0.25, 0.3) is 0 Å². The van der Waals surface area contributed by atoms with E-state index in [9.17, 15) is 9.59 Å². The molecule has 5 nitrogen and oxygen atoms in total. The van der Waals surface area contributed by atoms with Gasteiger partial charge in [0.2, 0.25) is 5.91 Å². The van der Waals surface area contributed by atoms with E-state index in [2.05, 4.69) is 5.32 Å². The van der Waals surface area contributed by atoms with Gasteiger partial charge in [-0.25, -0.2) is 4.79 Å². The number of ether oxygens (including phenoxy) is 1. The van der Waals surface area contributed by atoms with Crippen molar-refractivity contribution >= 4 is 28.2 Å². The van der Waals surface area contributed by atoms with Crippen LogP contribution in [0.1, 0.15) is 30.6 Å². The summed E-state index contributed by atoms with van der Waals surface area (Å²) in [6.45, 7) is 4.32. The molecule has 0 saturated carbocycles. The number of amides is 1. The first kappa shape index (κ1) is 14.7. The van der Waals surface area contributed by atoms with Gasteiger partial charge in [0.1, 0.15) is 5.00 Å². The number of rotatable bonds is 6. The number of nitrogens with one attached hydrogen (secondary N) is 1. The molecule has 1 aromatic heterocycles. The van der Waals surface area contributed by atoms with Crippen LogP contribution in [0.2, 0.25) is 0 Å². The molecule has 0 saturated heterocycles. The van der Waals surface area contributed by atoms with Gasteiger partial charge in [0.05, 0.1) is 12.2 Å². The van der Waals surface area contributed by atoms with Crippen molar-refractivity contribution in [2.24, 2.45) is 11.7 Å². The third-order valence-electron chi connectivity index (χ3n) is 2.44. The number of hydrogen-bond acceptors (Lipinski definition) is 5. The Labute approximate surface area is 110 Å². The summed E-state index contributed by atoms with van der Waals surface area (Å²) in [7, 11) is 0. The minimum absolute atomic E-state index is 0.131.